The van der Waals surface area contributed by atoms with E-state index in [9.17, 15) is 9.59 Å². The van der Waals surface area contributed by atoms with E-state index in [0.29, 0.717) is 0 Å². The Morgan fingerprint density at radius 2 is 1.60 bits per heavy atom. The van der Waals surface area contributed by atoms with Crippen LogP contribution in [0.2, 0.25) is 10.0 Å². The molecule has 1 aliphatic rings. The van der Waals surface area contributed by atoms with Crippen molar-refractivity contribution in [2.75, 3.05) is 4.90 Å². The standard InChI is InChI=1S/C18H13Cl3N2O2/c1-10(11-6-3-2-4-7-11)22-16-15(21)17(24)23(18(16)25)13-9-5-8-12(19)14(13)20/h2-10,22H,1H3. The highest BCUT2D eigenvalue weighted by Crippen LogP contribution is 2.37. The van der Waals surface area contributed by atoms with E-state index in [0.717, 1.165) is 10.5 Å². The van der Waals surface area contributed by atoms with Crippen LogP contribution in [0.4, 0.5) is 5.69 Å². The van der Waals surface area contributed by atoms with Crippen molar-refractivity contribution in [2.24, 2.45) is 0 Å². The molecule has 1 atom stereocenters. The van der Waals surface area contributed by atoms with Crippen LogP contribution in [0.25, 0.3) is 0 Å². The number of amides is 2. The predicted octanol–water partition coefficient (Wildman–Crippen LogP) is 4.67. The SMILES string of the molecule is CC(NC1=C(Cl)C(=O)N(c2cccc(Cl)c2Cl)C1=O)c1ccccc1. The lowest BCUT2D eigenvalue weighted by Gasteiger charge is -2.19. The Labute approximate surface area is 160 Å². The minimum absolute atomic E-state index is 0.0408. The average molecular weight is 396 g/mol. The van der Waals surface area contributed by atoms with Gasteiger partial charge in [0.25, 0.3) is 11.8 Å². The Kier molecular flexibility index (Phi) is 5.04. The average Bonchev–Trinajstić information content (AvgIpc) is 2.82. The van der Waals surface area contributed by atoms with Gasteiger partial charge in [-0.25, -0.2) is 4.90 Å². The third-order valence-electron chi connectivity index (χ3n) is 3.86. The van der Waals surface area contributed by atoms with Crippen molar-refractivity contribution >= 4 is 52.3 Å². The van der Waals surface area contributed by atoms with Gasteiger partial charge in [-0.15, -0.1) is 0 Å². The molecule has 25 heavy (non-hydrogen) atoms. The van der Waals surface area contributed by atoms with Crippen molar-refractivity contribution in [1.82, 2.24) is 5.32 Å². The first-order valence-electron chi connectivity index (χ1n) is 7.46. The second-order valence-electron chi connectivity index (χ2n) is 5.48. The van der Waals surface area contributed by atoms with Crippen LogP contribution in [0.5, 0.6) is 0 Å². The Bertz CT molecular complexity index is 881. The summed E-state index contributed by atoms with van der Waals surface area (Å²) in [5.74, 6) is -1.21. The van der Waals surface area contributed by atoms with E-state index >= 15 is 0 Å². The lowest BCUT2D eigenvalue weighted by molar-refractivity contribution is -0.120. The molecule has 0 fully saturated rings. The molecule has 4 nitrogen and oxygen atoms in total. The van der Waals surface area contributed by atoms with Gasteiger partial charge in [-0.1, -0.05) is 71.2 Å². The van der Waals surface area contributed by atoms with Gasteiger partial charge < -0.3 is 5.32 Å². The molecule has 1 aliphatic heterocycles. The lowest BCUT2D eigenvalue weighted by Crippen LogP contribution is -2.34. The van der Waals surface area contributed by atoms with Crippen LogP contribution in [-0.4, -0.2) is 11.8 Å². The van der Waals surface area contributed by atoms with Gasteiger partial charge in [0.2, 0.25) is 0 Å². The van der Waals surface area contributed by atoms with Crippen LogP contribution in [0.3, 0.4) is 0 Å². The van der Waals surface area contributed by atoms with Gasteiger partial charge in [-0.05, 0) is 24.6 Å². The summed E-state index contributed by atoms with van der Waals surface area (Å²) in [5, 5.41) is 3.20. The Hall–Kier alpha value is -2.01. The number of nitrogens with one attached hydrogen (secondary N) is 1. The maximum absolute atomic E-state index is 12.8. The van der Waals surface area contributed by atoms with E-state index in [-0.39, 0.29) is 32.5 Å². The van der Waals surface area contributed by atoms with Crippen molar-refractivity contribution in [3.05, 3.63) is 74.9 Å². The summed E-state index contributed by atoms with van der Waals surface area (Å²) in [5.41, 5.74) is 1.20. The van der Waals surface area contributed by atoms with E-state index in [1.807, 2.05) is 37.3 Å². The fourth-order valence-electron chi connectivity index (χ4n) is 2.55. The molecule has 0 radical (unpaired) electrons. The molecule has 2 aromatic rings. The molecule has 0 aliphatic carbocycles. The maximum atomic E-state index is 12.8. The molecule has 7 heteroatoms. The zero-order valence-corrected chi connectivity index (χ0v) is 15.4. The van der Waals surface area contributed by atoms with Gasteiger partial charge >= 0.3 is 0 Å². The minimum Gasteiger partial charge on any atom is -0.373 e. The van der Waals surface area contributed by atoms with Crippen LogP contribution < -0.4 is 10.2 Å². The molecule has 2 amide bonds. The molecule has 1 unspecified atom stereocenters. The molecule has 1 heterocycles. The highest BCUT2D eigenvalue weighted by molar-refractivity contribution is 6.54. The first kappa shape index (κ1) is 17.8. The molecule has 3 rings (SSSR count). The van der Waals surface area contributed by atoms with E-state index < -0.39 is 11.8 Å². The Morgan fingerprint density at radius 1 is 0.920 bits per heavy atom. The second-order valence-corrected chi connectivity index (χ2v) is 6.65. The normalized spacial score (nSPS) is 15.8. The van der Waals surface area contributed by atoms with Crippen LogP contribution in [0, 0.1) is 0 Å². The van der Waals surface area contributed by atoms with Gasteiger partial charge in [0.05, 0.1) is 15.7 Å². The molecule has 1 N–H and O–H groups in total. The first-order valence-corrected chi connectivity index (χ1v) is 8.59. The molecule has 0 aromatic heterocycles. The van der Waals surface area contributed by atoms with Gasteiger partial charge in [0, 0.05) is 6.04 Å². The van der Waals surface area contributed by atoms with Crippen molar-refractivity contribution in [3.8, 4) is 0 Å². The van der Waals surface area contributed by atoms with Crippen LogP contribution >= 0.6 is 34.8 Å². The summed E-state index contributed by atoms with van der Waals surface area (Å²) >= 11 is 18.2. The van der Waals surface area contributed by atoms with Crippen LogP contribution in [-0.2, 0) is 9.59 Å². The first-order chi connectivity index (χ1) is 11.9. The number of carbonyl (C=O) groups is 2. The molecular formula is C18H13Cl3N2O2. The Morgan fingerprint density at radius 3 is 2.28 bits per heavy atom. The van der Waals surface area contributed by atoms with E-state index in [1.54, 1.807) is 12.1 Å². The summed E-state index contributed by atoms with van der Waals surface area (Å²) < 4.78 is 0. The number of rotatable bonds is 4. The van der Waals surface area contributed by atoms with Gasteiger partial charge in [0.1, 0.15) is 10.7 Å². The number of imide groups is 1. The molecule has 128 valence electrons. The van der Waals surface area contributed by atoms with E-state index in [1.165, 1.54) is 6.07 Å². The Balaban J connectivity index is 1.91. The third-order valence-corrected chi connectivity index (χ3v) is 5.02. The number of halogens is 3. The number of anilines is 1. The molecule has 0 bridgehead atoms. The summed E-state index contributed by atoms with van der Waals surface area (Å²) in [6.45, 7) is 1.87. The lowest BCUT2D eigenvalue weighted by atomic mass is 10.1. The third kappa shape index (κ3) is 3.25. The fourth-order valence-corrected chi connectivity index (χ4v) is 3.15. The van der Waals surface area contributed by atoms with Crippen molar-refractivity contribution in [1.29, 1.82) is 0 Å². The summed E-state index contributed by atoms with van der Waals surface area (Å²) in [6, 6.07) is 14.0. The monoisotopic (exact) mass is 394 g/mol. The van der Waals surface area contributed by atoms with Crippen molar-refractivity contribution < 1.29 is 9.59 Å². The minimum atomic E-state index is -0.640. The summed E-state index contributed by atoms with van der Waals surface area (Å²) in [4.78, 5) is 26.2. The number of hydrogen-bond donors (Lipinski definition) is 1. The highest BCUT2D eigenvalue weighted by Gasteiger charge is 2.40. The molecule has 0 saturated heterocycles. The quantitative estimate of drug-likeness (QED) is 0.766. The predicted molar refractivity (Wildman–Crippen MR) is 99.8 cm³/mol. The largest absolute Gasteiger partial charge is 0.373 e. The second kappa shape index (κ2) is 7.08. The zero-order chi connectivity index (χ0) is 18.1. The van der Waals surface area contributed by atoms with E-state index in [2.05, 4.69) is 5.32 Å². The van der Waals surface area contributed by atoms with Gasteiger partial charge in [-0.2, -0.15) is 0 Å². The number of benzene rings is 2. The van der Waals surface area contributed by atoms with Crippen molar-refractivity contribution in [3.63, 3.8) is 0 Å². The fraction of sp³-hybridized carbons (Fsp3) is 0.111. The topological polar surface area (TPSA) is 49.4 Å². The number of hydrogen-bond acceptors (Lipinski definition) is 3. The van der Waals surface area contributed by atoms with E-state index in [4.69, 9.17) is 34.8 Å². The zero-order valence-electron chi connectivity index (χ0n) is 13.1. The molecule has 0 spiro atoms. The summed E-state index contributed by atoms with van der Waals surface area (Å²) in [6.07, 6.45) is 0. The van der Waals surface area contributed by atoms with Gasteiger partial charge in [0.15, 0.2) is 0 Å². The number of nitrogens with zero attached hydrogens (tertiary/aromatic N) is 1. The molecular weight excluding hydrogens is 383 g/mol. The molecule has 2 aromatic carbocycles. The summed E-state index contributed by atoms with van der Waals surface area (Å²) in [7, 11) is 0. The highest BCUT2D eigenvalue weighted by atomic mass is 35.5. The molecule has 0 saturated carbocycles. The van der Waals surface area contributed by atoms with Crippen LogP contribution in [0.15, 0.2) is 59.3 Å². The van der Waals surface area contributed by atoms with Gasteiger partial charge in [-0.3, -0.25) is 9.59 Å². The number of carbonyl (C=O) groups excluding carboxylic acids is 2. The van der Waals surface area contributed by atoms with Crippen molar-refractivity contribution in [2.45, 2.75) is 13.0 Å². The van der Waals surface area contributed by atoms with Crippen LogP contribution in [0.1, 0.15) is 18.5 Å². The maximum Gasteiger partial charge on any atom is 0.283 e. The smallest absolute Gasteiger partial charge is 0.283 e.